The molecule has 3 aliphatic carbocycles. The number of halogens is 5. The molecule has 0 saturated heterocycles. The summed E-state index contributed by atoms with van der Waals surface area (Å²) in [6.45, 7) is 5.58. The van der Waals surface area contributed by atoms with Crippen LogP contribution in [0.25, 0.3) is 0 Å². The number of carboxylic acid groups (broad SMARTS) is 1. The summed E-state index contributed by atoms with van der Waals surface area (Å²) in [4.78, 5) is 39.9. The van der Waals surface area contributed by atoms with Crippen LogP contribution in [0.4, 0.5) is 13.2 Å². The highest BCUT2D eigenvalue weighted by Crippen LogP contribution is 2.67. The van der Waals surface area contributed by atoms with Crippen LogP contribution < -0.4 is 0 Å². The van der Waals surface area contributed by atoms with Gasteiger partial charge < -0.3 is 10.0 Å². The Labute approximate surface area is 252 Å². The molecule has 228 valence electrons. The van der Waals surface area contributed by atoms with E-state index in [1.54, 1.807) is 19.1 Å². The number of rotatable bonds is 8. The van der Waals surface area contributed by atoms with Crippen molar-refractivity contribution in [2.75, 3.05) is 6.54 Å². The summed E-state index contributed by atoms with van der Waals surface area (Å²) in [7, 11) is 0. The molecule has 3 saturated carbocycles. The first-order valence-corrected chi connectivity index (χ1v) is 15.0. The largest absolute Gasteiger partial charge is 0.481 e. The monoisotopic (exact) mass is 627 g/mol. The van der Waals surface area contributed by atoms with Crippen molar-refractivity contribution >= 4 is 40.9 Å². The molecule has 3 fully saturated rings. The van der Waals surface area contributed by atoms with E-state index in [0.717, 1.165) is 16.4 Å². The average molecular weight is 629 g/mol. The number of aryl methyl sites for hydroxylation is 1. The lowest BCUT2D eigenvalue weighted by molar-refractivity contribution is -0.145. The summed E-state index contributed by atoms with van der Waals surface area (Å²) >= 11 is 12.7. The minimum absolute atomic E-state index is 0.0279. The summed E-state index contributed by atoms with van der Waals surface area (Å²) in [6.07, 6.45) is -1.21. The fourth-order valence-corrected chi connectivity index (χ4v) is 8.18. The van der Waals surface area contributed by atoms with Crippen LogP contribution in [0, 0.1) is 30.1 Å². The van der Waals surface area contributed by atoms with Gasteiger partial charge in [0.25, 0.3) is 5.91 Å². The van der Waals surface area contributed by atoms with Crippen molar-refractivity contribution in [2.45, 2.75) is 84.0 Å². The van der Waals surface area contributed by atoms with Gasteiger partial charge in [-0.15, -0.1) is 0 Å². The molecule has 0 spiro atoms. The molecule has 12 heteroatoms. The lowest BCUT2D eigenvalue weighted by Crippen LogP contribution is -2.44. The van der Waals surface area contributed by atoms with E-state index >= 15 is 0 Å². The Bertz CT molecular complexity index is 1380. The lowest BCUT2D eigenvalue weighted by Gasteiger charge is -2.32. The zero-order valence-electron chi connectivity index (χ0n) is 23.7. The third-order valence-electron chi connectivity index (χ3n) is 9.74. The number of hydrogen-bond donors (Lipinski definition) is 1. The number of aromatic nitrogens is 2. The molecule has 0 bridgehead atoms. The summed E-state index contributed by atoms with van der Waals surface area (Å²) in [6, 6.07) is 2.13. The summed E-state index contributed by atoms with van der Waals surface area (Å²) in [5, 5.41) is 13.4. The van der Waals surface area contributed by atoms with Gasteiger partial charge in [-0.25, -0.2) is 0 Å². The second-order valence-corrected chi connectivity index (χ2v) is 13.6. The Balaban J connectivity index is 1.46. The Kier molecular flexibility index (Phi) is 8.20. The van der Waals surface area contributed by atoms with Gasteiger partial charge in [0.1, 0.15) is 0 Å². The highest BCUT2D eigenvalue weighted by molar-refractivity contribution is 6.40. The number of hydrogen-bond acceptors (Lipinski definition) is 4. The minimum Gasteiger partial charge on any atom is -0.481 e. The number of carboxylic acids is 1. The van der Waals surface area contributed by atoms with Crippen LogP contribution in [0.2, 0.25) is 10.0 Å². The van der Waals surface area contributed by atoms with Gasteiger partial charge in [-0.1, -0.05) is 37.0 Å². The Morgan fingerprint density at radius 1 is 1.07 bits per heavy atom. The van der Waals surface area contributed by atoms with Crippen molar-refractivity contribution in [2.24, 2.45) is 23.2 Å². The first-order chi connectivity index (χ1) is 19.6. The molecule has 1 heterocycles. The SMILES string of the molecule is Cc1cc(Cl)c(C(=O)CN(C(=O)c2cnn([C@H]3CC[C@H](CC(=O)O)CC3)c2C(F)(F)F)[C@H]2C[C@@H]3[C@H](C2)C3(C)C)c(Cl)c1. The maximum atomic E-state index is 14.6. The smallest absolute Gasteiger partial charge is 0.433 e. The predicted molar refractivity (Wildman–Crippen MR) is 151 cm³/mol. The van der Waals surface area contributed by atoms with Crippen molar-refractivity contribution in [1.29, 1.82) is 0 Å². The van der Waals surface area contributed by atoms with Gasteiger partial charge in [0.2, 0.25) is 0 Å². The number of carbonyl (C=O) groups is 3. The fourth-order valence-electron chi connectivity index (χ4n) is 7.37. The van der Waals surface area contributed by atoms with E-state index in [0.29, 0.717) is 50.4 Å². The van der Waals surface area contributed by atoms with Crippen molar-refractivity contribution < 1.29 is 32.7 Å². The van der Waals surface area contributed by atoms with Crippen LogP contribution in [-0.2, 0) is 11.0 Å². The second kappa shape index (κ2) is 11.2. The van der Waals surface area contributed by atoms with Crippen LogP contribution in [0.3, 0.4) is 0 Å². The number of alkyl halides is 3. The zero-order valence-corrected chi connectivity index (χ0v) is 25.2. The molecular weight excluding hydrogens is 594 g/mol. The van der Waals surface area contributed by atoms with E-state index in [-0.39, 0.29) is 33.4 Å². The average Bonchev–Trinajstić information content (AvgIpc) is 3.30. The molecule has 3 aliphatic rings. The number of aliphatic carboxylic acids is 1. The second-order valence-electron chi connectivity index (χ2n) is 12.7. The maximum absolute atomic E-state index is 14.6. The predicted octanol–water partition coefficient (Wildman–Crippen LogP) is 7.48. The summed E-state index contributed by atoms with van der Waals surface area (Å²) < 4.78 is 44.6. The number of amides is 1. The minimum atomic E-state index is -4.88. The van der Waals surface area contributed by atoms with Crippen LogP contribution >= 0.6 is 23.2 Å². The standard InChI is InChI=1S/C30H34Cl2F3N3O4/c1-15-8-22(31)26(23(32)9-15)24(39)14-37(18-11-20-21(12-18)29(20,2)3)28(42)19-13-36-38(27(19)30(33,34)35)17-6-4-16(5-7-17)10-25(40)41/h8-9,13,16-18,20-21H,4-7,10-12,14H2,1-3H3,(H,40,41)/t16-,17-,18-,20+,21-. The van der Waals surface area contributed by atoms with E-state index in [1.165, 1.54) is 4.90 Å². The van der Waals surface area contributed by atoms with Crippen molar-refractivity contribution in [3.05, 3.63) is 50.8 Å². The molecule has 5 rings (SSSR count). The van der Waals surface area contributed by atoms with Gasteiger partial charge in [-0.05, 0) is 86.3 Å². The number of Topliss-reactive ketones (excluding diaryl/α,β-unsaturated/α-hetero) is 1. The van der Waals surface area contributed by atoms with E-state index < -0.39 is 53.7 Å². The van der Waals surface area contributed by atoms with Crippen molar-refractivity contribution in [3.63, 3.8) is 0 Å². The van der Waals surface area contributed by atoms with Gasteiger partial charge in [-0.3, -0.25) is 19.1 Å². The van der Waals surface area contributed by atoms with E-state index in [2.05, 4.69) is 18.9 Å². The first kappa shape index (κ1) is 30.9. The summed E-state index contributed by atoms with van der Waals surface area (Å²) in [5.41, 5.74) is -0.854. The van der Waals surface area contributed by atoms with Crippen molar-refractivity contribution in [1.82, 2.24) is 14.7 Å². The topological polar surface area (TPSA) is 92.5 Å². The van der Waals surface area contributed by atoms with E-state index in [4.69, 9.17) is 28.3 Å². The number of benzene rings is 1. The molecule has 0 unspecified atom stereocenters. The normalized spacial score (nSPS) is 26.5. The molecule has 1 aromatic carbocycles. The number of carbonyl (C=O) groups excluding carboxylic acids is 2. The van der Waals surface area contributed by atoms with Gasteiger partial charge in [0.05, 0.1) is 40.0 Å². The van der Waals surface area contributed by atoms with Gasteiger partial charge >= 0.3 is 12.1 Å². The van der Waals surface area contributed by atoms with Gasteiger partial charge in [0, 0.05) is 12.5 Å². The molecule has 2 aromatic rings. The Hall–Kier alpha value is -2.59. The Morgan fingerprint density at radius 2 is 1.64 bits per heavy atom. The third-order valence-corrected chi connectivity index (χ3v) is 10.3. The van der Waals surface area contributed by atoms with Crippen LogP contribution in [-0.4, -0.2) is 50.0 Å². The Morgan fingerprint density at radius 3 is 2.17 bits per heavy atom. The molecule has 1 N–H and O–H groups in total. The first-order valence-electron chi connectivity index (χ1n) is 14.3. The van der Waals surface area contributed by atoms with Gasteiger partial charge in [-0.2, -0.15) is 18.3 Å². The molecular formula is C30H34Cl2F3N3O4. The number of nitrogens with zero attached hydrogens (tertiary/aromatic N) is 3. The van der Waals surface area contributed by atoms with E-state index in [9.17, 15) is 27.6 Å². The lowest BCUT2D eigenvalue weighted by atomic mass is 9.84. The van der Waals surface area contributed by atoms with Crippen LogP contribution in [0.1, 0.15) is 96.8 Å². The maximum Gasteiger partial charge on any atom is 0.433 e. The highest BCUT2D eigenvalue weighted by atomic mass is 35.5. The quantitative estimate of drug-likeness (QED) is 0.306. The molecule has 0 radical (unpaired) electrons. The molecule has 7 nitrogen and oxygen atoms in total. The van der Waals surface area contributed by atoms with Crippen molar-refractivity contribution in [3.8, 4) is 0 Å². The number of fused-ring (bicyclic) bond motifs is 1. The molecule has 42 heavy (non-hydrogen) atoms. The zero-order chi connectivity index (χ0) is 30.7. The van der Waals surface area contributed by atoms with Crippen LogP contribution in [0.5, 0.6) is 0 Å². The highest BCUT2D eigenvalue weighted by Gasteiger charge is 2.63. The summed E-state index contributed by atoms with van der Waals surface area (Å²) in [5.74, 6) is -1.83. The molecule has 3 atom stereocenters. The molecule has 0 aliphatic heterocycles. The van der Waals surface area contributed by atoms with E-state index in [1.807, 2.05) is 0 Å². The molecule has 1 amide bonds. The fraction of sp³-hybridized carbons (Fsp3) is 0.600. The third kappa shape index (κ3) is 5.81. The van der Waals surface area contributed by atoms with Gasteiger partial charge in [0.15, 0.2) is 11.5 Å². The molecule has 1 aromatic heterocycles. The van der Waals surface area contributed by atoms with Crippen LogP contribution in [0.15, 0.2) is 18.3 Å². The number of ketones is 1.